The molecule has 0 spiro atoms. The van der Waals surface area contributed by atoms with Gasteiger partial charge in [-0.25, -0.2) is 0 Å². The molecule has 3 nitrogen and oxygen atoms in total. The van der Waals surface area contributed by atoms with E-state index in [9.17, 15) is 0 Å². The van der Waals surface area contributed by atoms with Gasteiger partial charge in [-0.3, -0.25) is 0 Å². The molecule has 0 aliphatic carbocycles. The molecule has 1 unspecified atom stereocenters. The number of hydrogen-bond acceptors (Lipinski definition) is 3. The number of nitrogens with two attached hydrogens (primary N) is 1. The summed E-state index contributed by atoms with van der Waals surface area (Å²) in [4.78, 5) is 2.07. The number of nitrogens with zero attached hydrogens (tertiary/aromatic N) is 1. The van der Waals surface area contributed by atoms with Crippen LogP contribution in [0.1, 0.15) is 18.0 Å². The lowest BCUT2D eigenvalue weighted by molar-refractivity contribution is 0.225. The first-order valence-corrected chi connectivity index (χ1v) is 5.54. The van der Waals surface area contributed by atoms with Gasteiger partial charge >= 0.3 is 0 Å². The molecule has 0 radical (unpaired) electrons. The molecule has 86 valence electrons. The van der Waals surface area contributed by atoms with Gasteiger partial charge in [0.2, 0.25) is 0 Å². The predicted octanol–water partition coefficient (Wildman–Crippen LogP) is 2.06. The van der Waals surface area contributed by atoms with Crippen LogP contribution in [0.2, 0.25) is 0 Å². The van der Waals surface area contributed by atoms with E-state index in [4.69, 9.17) is 10.5 Å². The maximum Gasteiger partial charge on any atom is 0.113 e. The van der Waals surface area contributed by atoms with Gasteiger partial charge < -0.3 is 15.4 Å². The highest BCUT2D eigenvalue weighted by molar-refractivity contribution is 5.48. The van der Waals surface area contributed by atoms with E-state index in [1.54, 1.807) is 0 Å². The molecule has 1 aromatic rings. The molecule has 0 aromatic heterocycles. The van der Waals surface area contributed by atoms with Crippen molar-refractivity contribution < 1.29 is 4.74 Å². The Bertz CT molecular complexity index is 399. The maximum absolute atomic E-state index is 6.16. The molecule has 1 heterocycles. The van der Waals surface area contributed by atoms with Crippen molar-refractivity contribution in [3.05, 3.63) is 41.7 Å². The molecule has 0 fully saturated rings. The molecule has 1 aliphatic rings. The summed E-state index contributed by atoms with van der Waals surface area (Å²) in [5.41, 5.74) is 8.41. The van der Waals surface area contributed by atoms with Crippen molar-refractivity contribution in [1.82, 2.24) is 0 Å². The summed E-state index contributed by atoms with van der Waals surface area (Å²) in [5.74, 6) is 0.899. The fourth-order valence-electron chi connectivity index (χ4n) is 1.81. The Morgan fingerprint density at radius 1 is 1.38 bits per heavy atom. The van der Waals surface area contributed by atoms with E-state index in [-0.39, 0.29) is 6.04 Å². The zero-order valence-electron chi connectivity index (χ0n) is 9.81. The Morgan fingerprint density at radius 3 is 2.81 bits per heavy atom. The second-order valence-electron chi connectivity index (χ2n) is 4.21. The minimum atomic E-state index is -0.137. The molecular formula is C13H18N2O. The number of ether oxygens (including phenoxy) is 1. The van der Waals surface area contributed by atoms with Crippen LogP contribution in [-0.2, 0) is 4.74 Å². The molecule has 2 N–H and O–H groups in total. The summed E-state index contributed by atoms with van der Waals surface area (Å²) >= 11 is 0. The summed E-state index contributed by atoms with van der Waals surface area (Å²) in [6, 6.07) is 8.11. The molecule has 1 atom stereocenters. The van der Waals surface area contributed by atoms with Crippen molar-refractivity contribution in [3.63, 3.8) is 0 Å². The second-order valence-corrected chi connectivity index (χ2v) is 4.21. The van der Waals surface area contributed by atoms with Crippen LogP contribution in [0.15, 0.2) is 36.1 Å². The minimum Gasteiger partial charge on any atom is -0.496 e. The summed E-state index contributed by atoms with van der Waals surface area (Å²) < 4.78 is 5.49. The van der Waals surface area contributed by atoms with Crippen molar-refractivity contribution in [2.24, 2.45) is 5.73 Å². The van der Waals surface area contributed by atoms with E-state index in [0.29, 0.717) is 0 Å². The normalized spacial score (nSPS) is 16.6. The fraction of sp³-hybridized carbons (Fsp3) is 0.385. The molecule has 0 bridgehead atoms. The standard InChI is InChI=1S/C13H18N2O/c1-15(2)11-6-3-5-10(9-11)13(14)12-7-4-8-16-12/h3,5-7,9,13H,4,8,14H2,1-2H3. The van der Waals surface area contributed by atoms with Crippen LogP contribution in [0.25, 0.3) is 0 Å². The summed E-state index contributed by atoms with van der Waals surface area (Å²) in [7, 11) is 4.05. The average molecular weight is 218 g/mol. The highest BCUT2D eigenvalue weighted by Gasteiger charge is 2.16. The molecule has 1 aliphatic heterocycles. The van der Waals surface area contributed by atoms with E-state index in [1.807, 2.05) is 26.2 Å². The second kappa shape index (κ2) is 4.58. The van der Waals surface area contributed by atoms with E-state index in [2.05, 4.69) is 23.1 Å². The molecule has 3 heteroatoms. The SMILES string of the molecule is CN(C)c1cccc(C(N)C2=CCCO2)c1. The first-order valence-electron chi connectivity index (χ1n) is 5.54. The van der Waals surface area contributed by atoms with Crippen LogP contribution in [-0.4, -0.2) is 20.7 Å². The fourth-order valence-corrected chi connectivity index (χ4v) is 1.81. The largest absolute Gasteiger partial charge is 0.496 e. The zero-order chi connectivity index (χ0) is 11.5. The van der Waals surface area contributed by atoms with Crippen molar-refractivity contribution in [2.45, 2.75) is 12.5 Å². The lowest BCUT2D eigenvalue weighted by atomic mass is 10.0. The van der Waals surface area contributed by atoms with Crippen molar-refractivity contribution in [2.75, 3.05) is 25.6 Å². The molecule has 0 saturated heterocycles. The predicted molar refractivity (Wildman–Crippen MR) is 66.3 cm³/mol. The van der Waals surface area contributed by atoms with Crippen molar-refractivity contribution >= 4 is 5.69 Å². The van der Waals surface area contributed by atoms with E-state index in [1.165, 1.54) is 0 Å². The smallest absolute Gasteiger partial charge is 0.113 e. The van der Waals surface area contributed by atoms with E-state index in [0.717, 1.165) is 30.0 Å². The van der Waals surface area contributed by atoms with Gasteiger partial charge in [-0.1, -0.05) is 12.1 Å². The van der Waals surface area contributed by atoms with E-state index >= 15 is 0 Å². The van der Waals surface area contributed by atoms with Crippen LogP contribution in [0, 0.1) is 0 Å². The van der Waals surface area contributed by atoms with Crippen molar-refractivity contribution in [1.29, 1.82) is 0 Å². The number of rotatable bonds is 3. The first kappa shape index (κ1) is 11.0. The van der Waals surface area contributed by atoms with Gasteiger partial charge in [0, 0.05) is 26.2 Å². The lowest BCUT2D eigenvalue weighted by Crippen LogP contribution is -2.15. The number of hydrogen-bond donors (Lipinski definition) is 1. The van der Waals surface area contributed by atoms with Gasteiger partial charge in [0.05, 0.1) is 12.6 Å². The molecule has 0 amide bonds. The monoisotopic (exact) mass is 218 g/mol. The van der Waals surface area contributed by atoms with Crippen LogP contribution in [0.5, 0.6) is 0 Å². The van der Waals surface area contributed by atoms with Gasteiger partial charge in [-0.15, -0.1) is 0 Å². The molecular weight excluding hydrogens is 200 g/mol. The quantitative estimate of drug-likeness (QED) is 0.844. The van der Waals surface area contributed by atoms with Gasteiger partial charge in [-0.05, 0) is 23.8 Å². The minimum absolute atomic E-state index is 0.137. The van der Waals surface area contributed by atoms with Gasteiger partial charge in [0.25, 0.3) is 0 Å². The zero-order valence-corrected chi connectivity index (χ0v) is 9.81. The van der Waals surface area contributed by atoms with Gasteiger partial charge in [0.15, 0.2) is 0 Å². The summed E-state index contributed by atoms with van der Waals surface area (Å²) in [6.07, 6.45) is 3.05. The molecule has 0 saturated carbocycles. The number of benzene rings is 1. The maximum atomic E-state index is 6.16. The number of anilines is 1. The Balaban J connectivity index is 2.22. The highest BCUT2D eigenvalue weighted by Crippen LogP contribution is 2.26. The Labute approximate surface area is 96.5 Å². The average Bonchev–Trinajstić information content (AvgIpc) is 2.81. The van der Waals surface area contributed by atoms with Gasteiger partial charge in [-0.2, -0.15) is 0 Å². The molecule has 16 heavy (non-hydrogen) atoms. The van der Waals surface area contributed by atoms with Crippen molar-refractivity contribution in [3.8, 4) is 0 Å². The van der Waals surface area contributed by atoms with E-state index < -0.39 is 0 Å². The third-order valence-corrected chi connectivity index (χ3v) is 2.78. The molecule has 2 rings (SSSR count). The Kier molecular flexibility index (Phi) is 3.15. The third-order valence-electron chi connectivity index (χ3n) is 2.78. The van der Waals surface area contributed by atoms with Crippen LogP contribution in [0.4, 0.5) is 5.69 Å². The third kappa shape index (κ3) is 2.19. The van der Waals surface area contributed by atoms with Crippen LogP contribution < -0.4 is 10.6 Å². The summed E-state index contributed by atoms with van der Waals surface area (Å²) in [5, 5.41) is 0. The molecule has 1 aromatic carbocycles. The highest BCUT2D eigenvalue weighted by atomic mass is 16.5. The summed E-state index contributed by atoms with van der Waals surface area (Å²) in [6.45, 7) is 0.760. The van der Waals surface area contributed by atoms with Crippen LogP contribution >= 0.6 is 0 Å². The lowest BCUT2D eigenvalue weighted by Gasteiger charge is -2.17. The Morgan fingerprint density at radius 2 is 2.19 bits per heavy atom. The van der Waals surface area contributed by atoms with Gasteiger partial charge in [0.1, 0.15) is 5.76 Å². The first-order chi connectivity index (χ1) is 7.68. The topological polar surface area (TPSA) is 38.5 Å². The van der Waals surface area contributed by atoms with Crippen LogP contribution in [0.3, 0.4) is 0 Å². The Hall–Kier alpha value is -1.48.